The van der Waals surface area contributed by atoms with Crippen molar-refractivity contribution in [2.45, 2.75) is 0 Å². The molecule has 0 N–H and O–H groups in total. The van der Waals surface area contributed by atoms with E-state index in [1.54, 1.807) is 0 Å². The molecule has 0 bridgehead atoms. The highest BCUT2D eigenvalue weighted by Gasteiger charge is 2.19. The first-order valence-electron chi connectivity index (χ1n) is 10.7. The molecule has 4 aliphatic carbocycles. The average Bonchev–Trinajstić information content (AvgIpc) is 3.47. The SMILES string of the molecule is C1=CC(CN(CCN(CC2C=CC=C2)CC2C=CC=C2)CC2C=CC=C2)C=C1. The standard InChI is InChI=1S/C26H32N2/c1-2-10-23(9-1)19-27(20-24-11-3-4-12-24)17-18-28(21-25-13-5-6-14-25)22-26-15-7-8-16-26/h1-16,23-26H,17-22H2. The second-order valence-electron chi connectivity index (χ2n) is 8.25. The zero-order valence-electron chi connectivity index (χ0n) is 16.7. The Kier molecular flexibility index (Phi) is 6.75. The van der Waals surface area contributed by atoms with Crippen molar-refractivity contribution in [2.24, 2.45) is 23.7 Å². The van der Waals surface area contributed by atoms with Crippen LogP contribution in [0, 0.1) is 23.7 Å². The maximum absolute atomic E-state index is 2.66. The Morgan fingerprint density at radius 3 is 0.786 bits per heavy atom. The Morgan fingerprint density at radius 2 is 0.571 bits per heavy atom. The number of hydrogen-bond donors (Lipinski definition) is 0. The van der Waals surface area contributed by atoms with Crippen LogP contribution >= 0.6 is 0 Å². The second kappa shape index (κ2) is 9.86. The van der Waals surface area contributed by atoms with Crippen molar-refractivity contribution in [1.29, 1.82) is 0 Å². The van der Waals surface area contributed by atoms with Gasteiger partial charge in [0, 0.05) is 62.9 Å². The predicted molar refractivity (Wildman–Crippen MR) is 120 cm³/mol. The summed E-state index contributed by atoms with van der Waals surface area (Å²) in [6.07, 6.45) is 36.1. The summed E-state index contributed by atoms with van der Waals surface area (Å²) in [5.74, 6) is 2.24. The van der Waals surface area contributed by atoms with Gasteiger partial charge < -0.3 is 9.80 Å². The highest BCUT2D eigenvalue weighted by Crippen LogP contribution is 2.18. The molecule has 2 heteroatoms. The van der Waals surface area contributed by atoms with Gasteiger partial charge in [0.15, 0.2) is 0 Å². The molecule has 2 nitrogen and oxygen atoms in total. The Balaban J connectivity index is 1.35. The number of allylic oxidation sites excluding steroid dienone is 8. The summed E-state index contributed by atoms with van der Waals surface area (Å²) in [6, 6.07) is 0. The molecule has 4 rings (SSSR count). The summed E-state index contributed by atoms with van der Waals surface area (Å²) in [5.41, 5.74) is 0. The van der Waals surface area contributed by atoms with Crippen molar-refractivity contribution in [3.63, 3.8) is 0 Å². The molecule has 0 unspecified atom stereocenters. The van der Waals surface area contributed by atoms with Crippen LogP contribution in [0.15, 0.2) is 97.2 Å². The van der Waals surface area contributed by atoms with Gasteiger partial charge in [-0.1, -0.05) is 97.2 Å². The summed E-state index contributed by atoms with van der Waals surface area (Å²) in [6.45, 7) is 6.71. The fraction of sp³-hybridized carbons (Fsp3) is 0.385. The van der Waals surface area contributed by atoms with E-state index in [-0.39, 0.29) is 0 Å². The van der Waals surface area contributed by atoms with E-state index < -0.39 is 0 Å². The molecule has 0 fully saturated rings. The lowest BCUT2D eigenvalue weighted by molar-refractivity contribution is 0.182. The van der Waals surface area contributed by atoms with Gasteiger partial charge in [-0.15, -0.1) is 0 Å². The summed E-state index contributed by atoms with van der Waals surface area (Å²) in [5, 5.41) is 0. The van der Waals surface area contributed by atoms with E-state index >= 15 is 0 Å². The molecule has 0 atom stereocenters. The molecule has 0 saturated heterocycles. The number of nitrogens with zero attached hydrogens (tertiary/aromatic N) is 2. The first-order chi connectivity index (χ1) is 13.8. The van der Waals surface area contributed by atoms with E-state index in [0.29, 0.717) is 23.7 Å². The molecule has 0 heterocycles. The third-order valence-corrected chi connectivity index (χ3v) is 5.92. The van der Waals surface area contributed by atoms with Gasteiger partial charge in [0.05, 0.1) is 0 Å². The van der Waals surface area contributed by atoms with E-state index in [1.807, 2.05) is 0 Å². The largest absolute Gasteiger partial charge is 0.300 e. The molecular weight excluding hydrogens is 340 g/mol. The fourth-order valence-electron chi connectivity index (χ4n) is 4.39. The van der Waals surface area contributed by atoms with Gasteiger partial charge in [0.1, 0.15) is 0 Å². The first-order valence-corrected chi connectivity index (χ1v) is 10.7. The summed E-state index contributed by atoms with van der Waals surface area (Å²) in [4.78, 5) is 5.31. The minimum absolute atomic E-state index is 0.559. The molecule has 0 aromatic rings. The number of hydrogen-bond acceptors (Lipinski definition) is 2. The van der Waals surface area contributed by atoms with Gasteiger partial charge in [-0.2, -0.15) is 0 Å². The Morgan fingerprint density at radius 1 is 0.357 bits per heavy atom. The van der Waals surface area contributed by atoms with E-state index in [1.165, 1.54) is 0 Å². The molecule has 0 radical (unpaired) electrons. The van der Waals surface area contributed by atoms with Crippen LogP contribution in [-0.4, -0.2) is 49.1 Å². The highest BCUT2D eigenvalue weighted by molar-refractivity contribution is 5.21. The third-order valence-electron chi connectivity index (χ3n) is 5.92. The van der Waals surface area contributed by atoms with Crippen LogP contribution in [0.3, 0.4) is 0 Å². The quantitative estimate of drug-likeness (QED) is 0.525. The topological polar surface area (TPSA) is 6.48 Å². The van der Waals surface area contributed by atoms with Gasteiger partial charge in [-0.25, -0.2) is 0 Å². The van der Waals surface area contributed by atoms with Crippen LogP contribution in [0.5, 0.6) is 0 Å². The molecule has 0 spiro atoms. The van der Waals surface area contributed by atoms with Crippen molar-refractivity contribution >= 4 is 0 Å². The van der Waals surface area contributed by atoms with Gasteiger partial charge in [0.2, 0.25) is 0 Å². The third kappa shape index (κ3) is 5.67. The maximum atomic E-state index is 2.66. The van der Waals surface area contributed by atoms with Crippen molar-refractivity contribution in [3.05, 3.63) is 97.2 Å². The van der Waals surface area contributed by atoms with Crippen molar-refractivity contribution < 1.29 is 0 Å². The van der Waals surface area contributed by atoms with Gasteiger partial charge >= 0.3 is 0 Å². The lowest BCUT2D eigenvalue weighted by Crippen LogP contribution is -2.41. The highest BCUT2D eigenvalue weighted by atomic mass is 15.2. The van der Waals surface area contributed by atoms with Crippen molar-refractivity contribution in [3.8, 4) is 0 Å². The van der Waals surface area contributed by atoms with E-state index in [9.17, 15) is 0 Å². The Bertz CT molecular complexity index is 574. The molecule has 0 amide bonds. The monoisotopic (exact) mass is 372 g/mol. The van der Waals surface area contributed by atoms with Crippen LogP contribution < -0.4 is 0 Å². The lowest BCUT2D eigenvalue weighted by atomic mass is 10.1. The van der Waals surface area contributed by atoms with Crippen molar-refractivity contribution in [1.82, 2.24) is 9.80 Å². The molecule has 146 valence electrons. The summed E-state index contributed by atoms with van der Waals surface area (Å²) in [7, 11) is 0. The van der Waals surface area contributed by atoms with E-state index in [4.69, 9.17) is 0 Å². The Hall–Kier alpha value is -2.16. The van der Waals surface area contributed by atoms with Crippen molar-refractivity contribution in [2.75, 3.05) is 39.3 Å². The first kappa shape index (κ1) is 19.2. The van der Waals surface area contributed by atoms with Crippen LogP contribution in [0.2, 0.25) is 0 Å². The van der Waals surface area contributed by atoms with Crippen LogP contribution in [0.25, 0.3) is 0 Å². The molecule has 4 aliphatic rings. The lowest BCUT2D eigenvalue weighted by Gasteiger charge is -2.31. The number of rotatable bonds is 11. The van der Waals surface area contributed by atoms with E-state index in [0.717, 1.165) is 39.3 Å². The van der Waals surface area contributed by atoms with Crippen LogP contribution in [-0.2, 0) is 0 Å². The Labute approximate surface area is 170 Å². The normalized spacial score (nSPS) is 21.4. The maximum Gasteiger partial charge on any atom is 0.0110 e. The smallest absolute Gasteiger partial charge is 0.0110 e. The van der Waals surface area contributed by atoms with Gasteiger partial charge in [-0.05, 0) is 0 Å². The van der Waals surface area contributed by atoms with Gasteiger partial charge in [0.25, 0.3) is 0 Å². The molecular formula is C26H32N2. The summed E-state index contributed by atoms with van der Waals surface area (Å²) < 4.78 is 0. The van der Waals surface area contributed by atoms with E-state index in [2.05, 4.69) is 107 Å². The van der Waals surface area contributed by atoms with Gasteiger partial charge in [-0.3, -0.25) is 0 Å². The average molecular weight is 373 g/mol. The fourth-order valence-corrected chi connectivity index (χ4v) is 4.39. The van der Waals surface area contributed by atoms with Crippen LogP contribution in [0.1, 0.15) is 0 Å². The zero-order chi connectivity index (χ0) is 19.0. The van der Waals surface area contributed by atoms with Crippen LogP contribution in [0.4, 0.5) is 0 Å². The second-order valence-corrected chi connectivity index (χ2v) is 8.25. The molecule has 0 saturated carbocycles. The predicted octanol–water partition coefficient (Wildman–Crippen LogP) is 4.56. The summed E-state index contributed by atoms with van der Waals surface area (Å²) >= 11 is 0. The molecule has 0 aromatic carbocycles. The molecule has 0 aromatic heterocycles. The molecule has 28 heavy (non-hydrogen) atoms. The zero-order valence-corrected chi connectivity index (χ0v) is 16.7. The minimum Gasteiger partial charge on any atom is -0.300 e. The molecule has 0 aliphatic heterocycles. The minimum atomic E-state index is 0.559.